The summed E-state index contributed by atoms with van der Waals surface area (Å²) in [6.45, 7) is 5.39. The van der Waals surface area contributed by atoms with Gasteiger partial charge in [-0.2, -0.15) is 0 Å². The second-order valence-electron chi connectivity index (χ2n) is 14.7. The second-order valence-corrected chi connectivity index (χ2v) is 14.7. The smallest absolute Gasteiger partial charge is 0.315 e. The topological polar surface area (TPSA) is 118 Å². The molecule has 0 radical (unpaired) electrons. The molecule has 55 heavy (non-hydrogen) atoms. The monoisotopic (exact) mass is 744 g/mol. The largest absolute Gasteiger partial charge is 0.508 e. The van der Waals surface area contributed by atoms with Crippen LogP contribution in [-0.4, -0.2) is 80.3 Å². The first-order chi connectivity index (χ1) is 26.4. The molecule has 5 aromatic rings. The Morgan fingerprint density at radius 3 is 1.71 bits per heavy atom. The first kappa shape index (κ1) is 40.6. The van der Waals surface area contributed by atoms with Gasteiger partial charge in [-0.1, -0.05) is 91.0 Å². The lowest BCUT2D eigenvalue weighted by molar-refractivity contribution is 0.228. The lowest BCUT2D eigenvalue weighted by Crippen LogP contribution is -2.45. The van der Waals surface area contributed by atoms with Crippen LogP contribution in [0, 0.1) is 0 Å². The molecule has 5 rings (SSSR count). The minimum Gasteiger partial charge on any atom is -0.508 e. The Kier molecular flexibility index (Phi) is 14.5. The predicted octanol–water partition coefficient (Wildman–Crippen LogP) is 7.19. The van der Waals surface area contributed by atoms with Gasteiger partial charge in [-0.15, -0.1) is 0 Å². The Balaban J connectivity index is 1.03. The molecule has 4 amide bonds. The van der Waals surface area contributed by atoms with Crippen LogP contribution in [-0.2, 0) is 19.4 Å². The minimum absolute atomic E-state index is 0.106. The maximum Gasteiger partial charge on any atom is 0.315 e. The van der Waals surface area contributed by atoms with Crippen LogP contribution in [0.3, 0.4) is 0 Å². The Bertz CT molecular complexity index is 1960. The fourth-order valence-corrected chi connectivity index (χ4v) is 6.55. The normalized spacial score (nSPS) is 13.5. The van der Waals surface area contributed by atoms with E-state index in [9.17, 15) is 14.7 Å². The summed E-state index contributed by atoms with van der Waals surface area (Å²) < 4.78 is 6.09. The number of likely N-dealkylation sites (N-methyl/N-ethyl adjacent to an activating group) is 2. The highest BCUT2D eigenvalue weighted by atomic mass is 16.5. The van der Waals surface area contributed by atoms with Crippen LogP contribution in [0.5, 0.6) is 11.5 Å². The number of fused-ring (bicyclic) bond motifs is 1. The fourth-order valence-electron chi connectivity index (χ4n) is 6.55. The van der Waals surface area contributed by atoms with E-state index in [-0.39, 0.29) is 42.0 Å². The van der Waals surface area contributed by atoms with E-state index in [1.807, 2.05) is 109 Å². The van der Waals surface area contributed by atoms with E-state index >= 15 is 0 Å². The van der Waals surface area contributed by atoms with Crippen molar-refractivity contribution in [2.75, 3.05) is 41.3 Å². The number of nitrogens with one attached hydrogen (secondary N) is 4. The third kappa shape index (κ3) is 12.2. The number of carbonyl (C=O) groups excluding carboxylic acids is 2. The van der Waals surface area contributed by atoms with Crippen molar-refractivity contribution in [2.24, 2.45) is 0 Å². The predicted molar refractivity (Wildman–Crippen MR) is 222 cm³/mol. The van der Waals surface area contributed by atoms with E-state index in [4.69, 9.17) is 4.74 Å². The molecule has 5 aromatic carbocycles. The number of hydrogen-bond acceptors (Lipinski definition) is 6. The van der Waals surface area contributed by atoms with Crippen LogP contribution in [0.1, 0.15) is 53.7 Å². The van der Waals surface area contributed by atoms with Crippen molar-refractivity contribution in [3.63, 3.8) is 0 Å². The zero-order chi connectivity index (χ0) is 39.3. The standard InChI is InChI=1S/C45H56N6O4/c1-31(48-44(53)46-28-38(50(3)4)26-33-16-22-40(52)23-17-33)36-20-14-35(15-21-36)30-55-41-24-18-34(19-25-41)27-39(51(5)6)29-47-45(54)49-32(2)42-13-9-11-37-10-7-8-12-43(37)42/h7-25,31-32,38-39,52H,26-30H2,1-6H3,(H2,46,48,53)(H2,47,49,54)/t31-,32-,38?,39-/m0/s1. The van der Waals surface area contributed by atoms with Crippen LogP contribution in [0.4, 0.5) is 9.59 Å². The quantitative estimate of drug-likeness (QED) is 0.0689. The zero-order valence-corrected chi connectivity index (χ0v) is 32.9. The van der Waals surface area contributed by atoms with Gasteiger partial charge in [0.15, 0.2) is 0 Å². The third-order valence-electron chi connectivity index (χ3n) is 10.1. The minimum atomic E-state index is -0.220. The number of phenols is 1. The summed E-state index contributed by atoms with van der Waals surface area (Å²) in [5.41, 5.74) is 5.37. The number of ether oxygens (including phenoxy) is 1. The average Bonchev–Trinajstić information content (AvgIpc) is 3.18. The Morgan fingerprint density at radius 1 is 0.618 bits per heavy atom. The number of hydrogen-bond donors (Lipinski definition) is 5. The Hall–Kier alpha value is -5.58. The van der Waals surface area contributed by atoms with E-state index in [1.54, 1.807) is 12.1 Å². The third-order valence-corrected chi connectivity index (χ3v) is 10.1. The number of carbonyl (C=O) groups is 2. The highest BCUT2D eigenvalue weighted by Gasteiger charge is 2.18. The molecule has 0 fully saturated rings. The Morgan fingerprint density at radius 2 is 1.13 bits per heavy atom. The van der Waals surface area contributed by atoms with Crippen molar-refractivity contribution in [3.8, 4) is 11.5 Å². The molecular formula is C45H56N6O4. The van der Waals surface area contributed by atoms with E-state index in [0.29, 0.717) is 19.7 Å². The van der Waals surface area contributed by atoms with Crippen LogP contribution >= 0.6 is 0 Å². The van der Waals surface area contributed by atoms with Gasteiger partial charge in [0.25, 0.3) is 0 Å². The molecule has 10 heteroatoms. The van der Waals surface area contributed by atoms with Crippen LogP contribution in [0.2, 0.25) is 0 Å². The van der Waals surface area contributed by atoms with Crippen LogP contribution < -0.4 is 26.0 Å². The summed E-state index contributed by atoms with van der Waals surface area (Å²) in [6.07, 6.45) is 1.52. The maximum atomic E-state index is 12.9. The second kappa shape index (κ2) is 19.7. The average molecular weight is 745 g/mol. The number of phenolic OH excluding ortho intramolecular Hbond substituents is 1. The molecule has 5 N–H and O–H groups in total. The van der Waals surface area contributed by atoms with Gasteiger partial charge in [0.2, 0.25) is 0 Å². The van der Waals surface area contributed by atoms with Crippen molar-refractivity contribution in [1.82, 2.24) is 31.1 Å². The molecule has 0 bridgehead atoms. The lowest BCUT2D eigenvalue weighted by atomic mass is 10.00. The van der Waals surface area contributed by atoms with E-state index in [0.717, 1.165) is 57.2 Å². The summed E-state index contributed by atoms with van der Waals surface area (Å²) in [7, 11) is 8.04. The lowest BCUT2D eigenvalue weighted by Gasteiger charge is -2.25. The number of aromatic hydroxyl groups is 1. The van der Waals surface area contributed by atoms with E-state index < -0.39 is 0 Å². The van der Waals surface area contributed by atoms with Crippen molar-refractivity contribution >= 4 is 22.8 Å². The maximum absolute atomic E-state index is 12.9. The summed E-state index contributed by atoms with van der Waals surface area (Å²) >= 11 is 0. The van der Waals surface area contributed by atoms with Gasteiger partial charge in [-0.3, -0.25) is 0 Å². The van der Waals surface area contributed by atoms with Crippen molar-refractivity contribution in [2.45, 2.75) is 57.5 Å². The molecule has 0 saturated carbocycles. The number of amides is 4. The molecule has 0 aliphatic carbocycles. The Labute approximate surface area is 325 Å². The van der Waals surface area contributed by atoms with Gasteiger partial charge in [0.05, 0.1) is 12.1 Å². The van der Waals surface area contributed by atoms with Gasteiger partial charge in [0, 0.05) is 25.2 Å². The van der Waals surface area contributed by atoms with Gasteiger partial charge in [0.1, 0.15) is 18.1 Å². The first-order valence-electron chi connectivity index (χ1n) is 18.9. The van der Waals surface area contributed by atoms with Gasteiger partial charge >= 0.3 is 12.1 Å². The van der Waals surface area contributed by atoms with Crippen molar-refractivity contribution in [1.29, 1.82) is 0 Å². The summed E-state index contributed by atoms with van der Waals surface area (Å²) in [6, 6.07) is 37.3. The van der Waals surface area contributed by atoms with Gasteiger partial charge < -0.3 is 40.9 Å². The van der Waals surface area contributed by atoms with Crippen LogP contribution in [0.15, 0.2) is 115 Å². The molecule has 0 heterocycles. The molecule has 290 valence electrons. The number of rotatable bonds is 17. The molecule has 0 aromatic heterocycles. The first-order valence-corrected chi connectivity index (χ1v) is 18.9. The number of nitrogens with zero attached hydrogens (tertiary/aromatic N) is 2. The van der Waals surface area contributed by atoms with Gasteiger partial charge in [-0.25, -0.2) is 9.59 Å². The molecule has 1 unspecified atom stereocenters. The van der Waals surface area contributed by atoms with Gasteiger partial charge in [-0.05, 0) is 118 Å². The molecule has 0 spiro atoms. The SMILES string of the molecule is C[C@H](NC(=O)NCC(Cc1ccc(O)cc1)N(C)C)c1ccc(COc2ccc(C[C@@H](CNC(=O)N[C@@H](C)c3cccc4ccccc34)N(C)C)cc2)cc1. The summed E-state index contributed by atoms with van der Waals surface area (Å²) in [4.78, 5) is 29.9. The molecule has 0 aliphatic rings. The summed E-state index contributed by atoms with van der Waals surface area (Å²) in [5, 5.41) is 24.1. The highest BCUT2D eigenvalue weighted by Crippen LogP contribution is 2.24. The summed E-state index contributed by atoms with van der Waals surface area (Å²) in [5.74, 6) is 1.02. The molecule has 0 saturated heterocycles. The molecule has 4 atom stereocenters. The van der Waals surface area contributed by atoms with Crippen molar-refractivity contribution in [3.05, 3.63) is 143 Å². The molecular weight excluding hydrogens is 689 g/mol. The fraction of sp³-hybridized carbons (Fsp3) is 0.333. The highest BCUT2D eigenvalue weighted by molar-refractivity contribution is 5.86. The zero-order valence-electron chi connectivity index (χ0n) is 32.9. The van der Waals surface area contributed by atoms with Crippen LogP contribution in [0.25, 0.3) is 10.8 Å². The van der Waals surface area contributed by atoms with E-state index in [1.165, 1.54) is 0 Å². The number of benzene rings is 5. The van der Waals surface area contributed by atoms with E-state index in [2.05, 4.69) is 67.5 Å². The molecule has 0 aliphatic heterocycles. The molecule has 10 nitrogen and oxygen atoms in total. The van der Waals surface area contributed by atoms with Crippen molar-refractivity contribution < 1.29 is 19.4 Å². The number of urea groups is 2.